The summed E-state index contributed by atoms with van der Waals surface area (Å²) >= 11 is 1.81. The lowest BCUT2D eigenvalue weighted by Crippen LogP contribution is -2.00. The summed E-state index contributed by atoms with van der Waals surface area (Å²) < 4.78 is 11.4. The third-order valence-corrected chi connectivity index (χ3v) is 12.2. The van der Waals surface area contributed by atoms with Gasteiger partial charge in [0.1, 0.15) is 11.2 Å². The Morgan fingerprint density at radius 2 is 0.877 bits per heavy atom. The monoisotopic (exact) mass is 746 g/mol. The van der Waals surface area contributed by atoms with Crippen molar-refractivity contribution in [3.05, 3.63) is 182 Å². The molecular weight excluding hydrogens is 717 g/mol. The maximum atomic E-state index is 6.52. The Labute approximate surface area is 330 Å². The highest BCUT2D eigenvalue weighted by Gasteiger charge is 2.19. The molecule has 0 bridgehead atoms. The van der Waals surface area contributed by atoms with Gasteiger partial charge in [0, 0.05) is 53.0 Å². The van der Waals surface area contributed by atoms with E-state index in [2.05, 4.69) is 126 Å². The van der Waals surface area contributed by atoms with Crippen molar-refractivity contribution in [2.45, 2.75) is 0 Å². The first-order chi connectivity index (χ1) is 28.2. The molecule has 0 spiro atoms. The lowest BCUT2D eigenvalue weighted by Gasteiger charge is -2.10. The smallest absolute Gasteiger partial charge is 0.164 e. The minimum atomic E-state index is 0.649. The van der Waals surface area contributed by atoms with Crippen LogP contribution in [0.5, 0.6) is 0 Å². The molecule has 0 aliphatic rings. The molecule has 0 saturated heterocycles. The quantitative estimate of drug-likeness (QED) is 0.176. The van der Waals surface area contributed by atoms with Crippen LogP contribution in [0.2, 0.25) is 0 Å². The third kappa shape index (κ3) is 5.12. The molecule has 4 aromatic heterocycles. The highest BCUT2D eigenvalue weighted by atomic mass is 32.1. The summed E-state index contributed by atoms with van der Waals surface area (Å²) in [7, 11) is 0. The zero-order chi connectivity index (χ0) is 37.5. The molecule has 12 aromatic rings. The van der Waals surface area contributed by atoms with E-state index in [0.717, 1.165) is 55.4 Å². The second-order valence-corrected chi connectivity index (χ2v) is 15.5. The summed E-state index contributed by atoms with van der Waals surface area (Å²) in [6.07, 6.45) is 0. The van der Waals surface area contributed by atoms with E-state index >= 15 is 0 Å². The van der Waals surface area contributed by atoms with Crippen molar-refractivity contribution in [1.29, 1.82) is 0 Å². The van der Waals surface area contributed by atoms with Gasteiger partial charge in [-0.1, -0.05) is 115 Å². The Bertz CT molecular complexity index is 3420. The number of furan rings is 1. The number of hydrogen-bond acceptors (Lipinski definition) is 5. The van der Waals surface area contributed by atoms with Gasteiger partial charge in [0.15, 0.2) is 17.5 Å². The van der Waals surface area contributed by atoms with E-state index < -0.39 is 0 Å². The second kappa shape index (κ2) is 12.6. The first-order valence-corrected chi connectivity index (χ1v) is 19.8. The van der Waals surface area contributed by atoms with Gasteiger partial charge in [-0.25, -0.2) is 15.0 Å². The van der Waals surface area contributed by atoms with Gasteiger partial charge in [0.05, 0.1) is 22.1 Å². The molecule has 266 valence electrons. The third-order valence-electron chi connectivity index (χ3n) is 11.1. The minimum Gasteiger partial charge on any atom is -0.456 e. The van der Waals surface area contributed by atoms with Crippen LogP contribution in [0.1, 0.15) is 0 Å². The summed E-state index contributed by atoms with van der Waals surface area (Å²) in [5, 5.41) is 7.06. The van der Waals surface area contributed by atoms with Crippen LogP contribution in [-0.4, -0.2) is 19.5 Å². The predicted octanol–water partition coefficient (Wildman–Crippen LogP) is 13.9. The van der Waals surface area contributed by atoms with E-state index in [1.54, 1.807) is 11.3 Å². The van der Waals surface area contributed by atoms with Crippen molar-refractivity contribution < 1.29 is 4.42 Å². The molecule has 0 aliphatic heterocycles. The van der Waals surface area contributed by atoms with E-state index in [9.17, 15) is 0 Å². The average molecular weight is 747 g/mol. The molecule has 5 nitrogen and oxygen atoms in total. The van der Waals surface area contributed by atoms with Crippen LogP contribution in [-0.2, 0) is 0 Å². The number of hydrogen-bond donors (Lipinski definition) is 0. The highest BCUT2D eigenvalue weighted by Crippen LogP contribution is 2.42. The van der Waals surface area contributed by atoms with Gasteiger partial charge in [-0.2, -0.15) is 0 Å². The molecule has 0 aliphatic carbocycles. The van der Waals surface area contributed by atoms with Crippen molar-refractivity contribution in [3.63, 3.8) is 0 Å². The van der Waals surface area contributed by atoms with Gasteiger partial charge in [-0.15, -0.1) is 11.3 Å². The van der Waals surface area contributed by atoms with Crippen LogP contribution in [0.4, 0.5) is 0 Å². The van der Waals surface area contributed by atoms with Crippen LogP contribution in [0.15, 0.2) is 186 Å². The summed E-state index contributed by atoms with van der Waals surface area (Å²) in [5.41, 5.74) is 10.3. The van der Waals surface area contributed by atoms with Crippen LogP contribution in [0.25, 0.3) is 115 Å². The van der Waals surface area contributed by atoms with Crippen molar-refractivity contribution in [3.8, 4) is 51.0 Å². The average Bonchev–Trinajstić information content (AvgIpc) is 3.95. The first-order valence-electron chi connectivity index (χ1n) is 19.0. The van der Waals surface area contributed by atoms with E-state index in [-0.39, 0.29) is 0 Å². The van der Waals surface area contributed by atoms with Crippen LogP contribution in [0.3, 0.4) is 0 Å². The molecule has 0 atom stereocenters. The van der Waals surface area contributed by atoms with Crippen LogP contribution < -0.4 is 0 Å². The molecule has 4 heterocycles. The molecule has 6 heteroatoms. The summed E-state index contributed by atoms with van der Waals surface area (Å²) in [6.45, 7) is 0. The standard InChI is InChI=1S/C51H30N4OS/c1-3-12-31(13-4-1)49-52-50(32-14-5-2-6-15-32)54-51(53-49)35-24-27-47-39(30-35)38-28-34(23-26-46(38)57-47)33-22-25-44-40(29-33)48-43(20-11-21-45(48)56-44)55-41-18-9-7-16-36(41)37-17-8-10-19-42(37)55/h1-30H. The van der Waals surface area contributed by atoms with Gasteiger partial charge in [0.25, 0.3) is 0 Å². The zero-order valence-electron chi connectivity index (χ0n) is 30.4. The predicted molar refractivity (Wildman–Crippen MR) is 236 cm³/mol. The highest BCUT2D eigenvalue weighted by molar-refractivity contribution is 7.25. The summed E-state index contributed by atoms with van der Waals surface area (Å²) in [5.74, 6) is 1.96. The van der Waals surface area contributed by atoms with Gasteiger partial charge >= 0.3 is 0 Å². The largest absolute Gasteiger partial charge is 0.456 e. The number of fused-ring (bicyclic) bond motifs is 9. The van der Waals surface area contributed by atoms with Gasteiger partial charge in [-0.3, -0.25) is 0 Å². The Morgan fingerprint density at radius 1 is 0.368 bits per heavy atom. The van der Waals surface area contributed by atoms with Crippen molar-refractivity contribution in [2.75, 3.05) is 0 Å². The number of aromatic nitrogens is 4. The molecule has 0 fully saturated rings. The normalized spacial score (nSPS) is 11.9. The van der Waals surface area contributed by atoms with Crippen LogP contribution >= 0.6 is 11.3 Å². The van der Waals surface area contributed by atoms with Crippen molar-refractivity contribution >= 4 is 75.3 Å². The van der Waals surface area contributed by atoms with Crippen molar-refractivity contribution in [2.24, 2.45) is 0 Å². The number of nitrogens with zero attached hydrogens (tertiary/aromatic N) is 4. The summed E-state index contributed by atoms with van der Waals surface area (Å²) in [6, 6.07) is 63.9. The number of para-hydroxylation sites is 2. The lowest BCUT2D eigenvalue weighted by atomic mass is 10.00. The summed E-state index contributed by atoms with van der Waals surface area (Å²) in [4.78, 5) is 14.9. The molecule has 12 rings (SSSR count). The van der Waals surface area contributed by atoms with E-state index in [1.165, 1.54) is 42.0 Å². The molecule has 0 radical (unpaired) electrons. The Kier molecular flexibility index (Phi) is 7.03. The molecule has 57 heavy (non-hydrogen) atoms. The van der Waals surface area contributed by atoms with Crippen molar-refractivity contribution in [1.82, 2.24) is 19.5 Å². The molecule has 0 amide bonds. The lowest BCUT2D eigenvalue weighted by molar-refractivity contribution is 0.669. The number of rotatable bonds is 5. The fourth-order valence-corrected chi connectivity index (χ4v) is 9.46. The maximum Gasteiger partial charge on any atom is 0.164 e. The topological polar surface area (TPSA) is 56.7 Å². The van der Waals surface area contributed by atoms with Gasteiger partial charge < -0.3 is 8.98 Å². The molecule has 0 unspecified atom stereocenters. The molecule has 0 saturated carbocycles. The van der Waals surface area contributed by atoms with Gasteiger partial charge in [0.2, 0.25) is 0 Å². The first kappa shape index (κ1) is 31.9. The Balaban J connectivity index is 1.01. The van der Waals surface area contributed by atoms with E-state index in [0.29, 0.717) is 17.5 Å². The van der Waals surface area contributed by atoms with E-state index in [4.69, 9.17) is 19.4 Å². The molecule has 0 N–H and O–H groups in total. The van der Waals surface area contributed by atoms with E-state index in [1.807, 2.05) is 60.7 Å². The number of benzene rings is 8. The minimum absolute atomic E-state index is 0.649. The number of thiophene rings is 1. The SMILES string of the molecule is c1ccc(-c2nc(-c3ccccc3)nc(-c3ccc4sc5ccc(-c6ccc7oc8cccc(-n9c%10ccccc%10c%10ccccc%109)c8c7c6)cc5c4c3)n2)cc1. The molecule has 8 aromatic carbocycles. The fourth-order valence-electron chi connectivity index (χ4n) is 8.39. The zero-order valence-corrected chi connectivity index (χ0v) is 31.2. The van der Waals surface area contributed by atoms with Crippen LogP contribution in [0, 0.1) is 0 Å². The Morgan fingerprint density at radius 3 is 1.51 bits per heavy atom. The molecular formula is C51H30N4OS. The maximum absolute atomic E-state index is 6.52. The Hall–Kier alpha value is -7.41. The fraction of sp³-hybridized carbons (Fsp3) is 0. The second-order valence-electron chi connectivity index (χ2n) is 14.4. The van der Waals surface area contributed by atoms with Gasteiger partial charge in [-0.05, 0) is 77.9 Å².